The first kappa shape index (κ1) is 26.6. The van der Waals surface area contributed by atoms with E-state index in [1.807, 2.05) is 32.0 Å². The largest absolute Gasteiger partial charge is 0.479 e. The molecule has 2 rings (SSSR count). The maximum absolute atomic E-state index is 12.8. The smallest absolute Gasteiger partial charge is 0.408 e. The fourth-order valence-corrected chi connectivity index (χ4v) is 3.02. The van der Waals surface area contributed by atoms with Crippen LogP contribution in [0.4, 0.5) is 4.79 Å². The van der Waals surface area contributed by atoms with Crippen molar-refractivity contribution < 1.29 is 38.6 Å². The molecule has 4 atom stereocenters. The van der Waals surface area contributed by atoms with Crippen LogP contribution in [0.5, 0.6) is 0 Å². The van der Waals surface area contributed by atoms with Crippen molar-refractivity contribution in [3.8, 4) is 0 Å². The van der Waals surface area contributed by atoms with Crippen molar-refractivity contribution in [3.05, 3.63) is 35.9 Å². The summed E-state index contributed by atoms with van der Waals surface area (Å²) in [6, 6.07) is 7.09. The zero-order valence-corrected chi connectivity index (χ0v) is 19.2. The standard InChI is InChI=1S/C22H30N4O8/c1-4-14(19(28)25-26-20(29)16-17(34-16)21(30)31)23-18(27)15(10-12(2)3)24-22(32)33-11-13-8-6-5-7-9-13/h5-9,12,14-17H,4,10-11H2,1-3H3,(H,23,27)(H,24,32)(H,25,28)(H,26,29)(H,30,31)/t14-,15-,16?,17?/m0/s1. The van der Waals surface area contributed by atoms with Crippen molar-refractivity contribution in [2.24, 2.45) is 5.92 Å². The minimum Gasteiger partial charge on any atom is -0.479 e. The molecule has 0 saturated carbocycles. The molecule has 0 bridgehead atoms. The Labute approximate surface area is 196 Å². The van der Waals surface area contributed by atoms with Gasteiger partial charge < -0.3 is 25.2 Å². The molecule has 1 aliphatic heterocycles. The van der Waals surface area contributed by atoms with Crippen LogP contribution in [0.15, 0.2) is 30.3 Å². The van der Waals surface area contributed by atoms with E-state index < -0.39 is 54.1 Å². The number of carbonyl (C=O) groups excluding carboxylic acids is 4. The lowest BCUT2D eigenvalue weighted by atomic mass is 10.0. The number of rotatable bonds is 11. The zero-order valence-electron chi connectivity index (χ0n) is 19.2. The minimum atomic E-state index is -1.28. The van der Waals surface area contributed by atoms with E-state index in [0.717, 1.165) is 5.56 Å². The van der Waals surface area contributed by atoms with Gasteiger partial charge in [0.2, 0.25) is 5.91 Å². The van der Waals surface area contributed by atoms with Crippen LogP contribution in [-0.2, 0) is 35.3 Å². The lowest BCUT2D eigenvalue weighted by Gasteiger charge is -2.23. The molecule has 1 saturated heterocycles. The van der Waals surface area contributed by atoms with Gasteiger partial charge in [-0.3, -0.25) is 25.2 Å². The fourth-order valence-electron chi connectivity index (χ4n) is 3.02. The summed E-state index contributed by atoms with van der Waals surface area (Å²) in [7, 11) is 0. The Morgan fingerprint density at radius 1 is 0.971 bits per heavy atom. The molecule has 1 heterocycles. The number of benzene rings is 1. The molecule has 1 fully saturated rings. The number of hydrogen-bond acceptors (Lipinski definition) is 7. The molecule has 0 radical (unpaired) electrons. The Kier molecular flexibility index (Phi) is 9.80. The summed E-state index contributed by atoms with van der Waals surface area (Å²) in [4.78, 5) is 60.0. The molecule has 34 heavy (non-hydrogen) atoms. The first-order valence-electron chi connectivity index (χ1n) is 10.9. The highest BCUT2D eigenvalue weighted by atomic mass is 16.6. The Hall–Kier alpha value is -3.67. The number of epoxide rings is 1. The van der Waals surface area contributed by atoms with Gasteiger partial charge in [-0.05, 0) is 24.3 Å². The highest BCUT2D eigenvalue weighted by Crippen LogP contribution is 2.21. The van der Waals surface area contributed by atoms with Gasteiger partial charge in [0.15, 0.2) is 12.2 Å². The fraction of sp³-hybridized carbons (Fsp3) is 0.500. The van der Waals surface area contributed by atoms with E-state index >= 15 is 0 Å². The maximum Gasteiger partial charge on any atom is 0.408 e. The summed E-state index contributed by atoms with van der Waals surface area (Å²) in [5.41, 5.74) is 5.01. The average molecular weight is 479 g/mol. The van der Waals surface area contributed by atoms with E-state index in [1.165, 1.54) is 0 Å². The van der Waals surface area contributed by atoms with Crippen LogP contribution in [0.25, 0.3) is 0 Å². The molecule has 0 spiro atoms. The SMILES string of the molecule is CC[C@H](NC(=O)[C@H](CC(C)C)NC(=O)OCc1ccccc1)C(=O)NNC(=O)C1OC1C(=O)O. The molecule has 0 aliphatic carbocycles. The number of nitrogens with one attached hydrogen (secondary N) is 4. The highest BCUT2D eigenvalue weighted by molar-refractivity contribution is 5.95. The summed E-state index contributed by atoms with van der Waals surface area (Å²) in [5, 5.41) is 13.8. The monoisotopic (exact) mass is 478 g/mol. The summed E-state index contributed by atoms with van der Waals surface area (Å²) < 4.78 is 9.87. The van der Waals surface area contributed by atoms with Crippen molar-refractivity contribution in [2.75, 3.05) is 0 Å². The molecular weight excluding hydrogens is 448 g/mol. The molecular formula is C22H30N4O8. The number of alkyl carbamates (subject to hydrolysis) is 1. The van der Waals surface area contributed by atoms with Crippen LogP contribution in [-0.4, -0.2) is 59.2 Å². The second-order valence-electron chi connectivity index (χ2n) is 8.15. The van der Waals surface area contributed by atoms with Crippen molar-refractivity contribution in [2.45, 2.75) is 64.5 Å². The van der Waals surface area contributed by atoms with E-state index in [2.05, 4.69) is 21.5 Å². The molecule has 186 valence electrons. The topological polar surface area (TPSA) is 175 Å². The van der Waals surface area contributed by atoms with Crippen LogP contribution in [0.2, 0.25) is 0 Å². The Bertz CT molecular complexity index is 892. The summed E-state index contributed by atoms with van der Waals surface area (Å²) >= 11 is 0. The molecule has 2 unspecified atom stereocenters. The van der Waals surface area contributed by atoms with Crippen molar-refractivity contribution >= 4 is 29.8 Å². The van der Waals surface area contributed by atoms with Gasteiger partial charge in [0.05, 0.1) is 0 Å². The van der Waals surface area contributed by atoms with E-state index in [4.69, 9.17) is 14.6 Å². The summed E-state index contributed by atoms with van der Waals surface area (Å²) in [6.45, 7) is 5.44. The first-order valence-corrected chi connectivity index (χ1v) is 10.9. The van der Waals surface area contributed by atoms with Crippen molar-refractivity contribution in [1.82, 2.24) is 21.5 Å². The molecule has 12 heteroatoms. The lowest BCUT2D eigenvalue weighted by molar-refractivity contribution is -0.138. The van der Waals surface area contributed by atoms with Gasteiger partial charge in [0.1, 0.15) is 18.7 Å². The first-order chi connectivity index (χ1) is 16.1. The van der Waals surface area contributed by atoms with Gasteiger partial charge >= 0.3 is 12.1 Å². The number of hydrazine groups is 1. The van der Waals surface area contributed by atoms with Crippen molar-refractivity contribution in [3.63, 3.8) is 0 Å². The number of amides is 4. The van der Waals surface area contributed by atoms with Gasteiger partial charge in [-0.2, -0.15) is 0 Å². The number of carboxylic acids is 1. The average Bonchev–Trinajstić information content (AvgIpc) is 3.60. The third kappa shape index (κ3) is 8.35. The number of carbonyl (C=O) groups is 5. The predicted molar refractivity (Wildman–Crippen MR) is 118 cm³/mol. The maximum atomic E-state index is 12.8. The van der Waals surface area contributed by atoms with Crippen LogP contribution in [0, 0.1) is 5.92 Å². The van der Waals surface area contributed by atoms with Crippen LogP contribution >= 0.6 is 0 Å². The lowest BCUT2D eigenvalue weighted by Crippen LogP contribution is -2.56. The molecule has 12 nitrogen and oxygen atoms in total. The van der Waals surface area contributed by atoms with Crippen molar-refractivity contribution in [1.29, 1.82) is 0 Å². The van der Waals surface area contributed by atoms with E-state index in [-0.39, 0.29) is 18.9 Å². The zero-order chi connectivity index (χ0) is 25.3. The van der Waals surface area contributed by atoms with Gasteiger partial charge in [-0.25, -0.2) is 9.59 Å². The Morgan fingerprint density at radius 3 is 2.21 bits per heavy atom. The van der Waals surface area contributed by atoms with Crippen LogP contribution < -0.4 is 21.5 Å². The molecule has 0 aromatic heterocycles. The highest BCUT2D eigenvalue weighted by Gasteiger charge is 2.51. The molecule has 1 aromatic rings. The second kappa shape index (κ2) is 12.5. The minimum absolute atomic E-state index is 0.0375. The quantitative estimate of drug-likeness (QED) is 0.222. The van der Waals surface area contributed by atoms with E-state index in [0.29, 0.717) is 6.42 Å². The Balaban J connectivity index is 1.87. The molecule has 1 aromatic carbocycles. The van der Waals surface area contributed by atoms with Crippen LogP contribution in [0.1, 0.15) is 39.2 Å². The predicted octanol–water partition coefficient (Wildman–Crippen LogP) is 0.222. The number of aliphatic carboxylic acids is 1. The van der Waals surface area contributed by atoms with Gasteiger partial charge in [-0.15, -0.1) is 0 Å². The second-order valence-corrected chi connectivity index (χ2v) is 8.15. The third-order valence-corrected chi connectivity index (χ3v) is 4.87. The number of hydrogen-bond donors (Lipinski definition) is 5. The number of ether oxygens (including phenoxy) is 2. The van der Waals surface area contributed by atoms with E-state index in [9.17, 15) is 24.0 Å². The van der Waals surface area contributed by atoms with Gasteiger partial charge in [0, 0.05) is 0 Å². The van der Waals surface area contributed by atoms with E-state index in [1.54, 1.807) is 19.1 Å². The van der Waals surface area contributed by atoms with Gasteiger partial charge in [0.25, 0.3) is 11.8 Å². The summed E-state index contributed by atoms with van der Waals surface area (Å²) in [6.07, 6.45) is -2.71. The molecule has 5 N–H and O–H groups in total. The van der Waals surface area contributed by atoms with Gasteiger partial charge in [-0.1, -0.05) is 51.1 Å². The molecule has 4 amide bonds. The van der Waals surface area contributed by atoms with Crippen LogP contribution in [0.3, 0.4) is 0 Å². The molecule has 1 aliphatic rings. The normalized spacial score (nSPS) is 18.2. The summed E-state index contributed by atoms with van der Waals surface area (Å²) in [5.74, 6) is -3.35. The number of carboxylic acid groups (broad SMARTS) is 1. The Morgan fingerprint density at radius 2 is 1.65 bits per heavy atom. The third-order valence-electron chi connectivity index (χ3n) is 4.87.